The average molecular weight is 464 g/mol. The standard InChI is InChI=1S/C14H29NO4S.C3H9NO3S.H3N/c1-2-3-4-5-6-7-8-9-10-11-14(16)15-12-13-20(17,18)19;1-4-2-3-8(5,6)7;/h2-13H2,1H3,(H,15,16)(H,17,18,19);4H,2-3H2,1H3,(H,5,6,7);1H3. The zero-order chi connectivity index (χ0) is 21.9. The number of carbonyl (C=O) groups is 1. The molecule has 7 N–H and O–H groups in total. The summed E-state index contributed by atoms with van der Waals surface area (Å²) >= 11 is 0. The molecule has 0 aliphatic carbocycles. The summed E-state index contributed by atoms with van der Waals surface area (Å²) in [7, 11) is -6.11. The summed E-state index contributed by atoms with van der Waals surface area (Å²) in [6.45, 7) is 2.48. The van der Waals surface area contributed by atoms with Gasteiger partial charge in [0.2, 0.25) is 5.91 Å². The monoisotopic (exact) mass is 463 g/mol. The number of hydrogen-bond acceptors (Lipinski definition) is 7. The number of hydrogen-bond donors (Lipinski definition) is 5. The minimum Gasteiger partial charge on any atom is -0.355 e. The van der Waals surface area contributed by atoms with Gasteiger partial charge in [0.25, 0.3) is 20.2 Å². The molecule has 0 fully saturated rings. The van der Waals surface area contributed by atoms with Crippen molar-refractivity contribution >= 4 is 26.1 Å². The SMILES string of the molecule is CCCCCCCCCCCC(=O)NCCS(=O)(=O)O.CNCCS(=O)(=O)O.N. The van der Waals surface area contributed by atoms with Crippen LogP contribution in [0.4, 0.5) is 0 Å². The molecular weight excluding hydrogens is 422 g/mol. The molecule has 10 nitrogen and oxygen atoms in total. The van der Waals surface area contributed by atoms with E-state index in [0.29, 0.717) is 13.0 Å². The van der Waals surface area contributed by atoms with Crippen LogP contribution in [0.5, 0.6) is 0 Å². The number of amides is 1. The van der Waals surface area contributed by atoms with Crippen LogP contribution in [0, 0.1) is 0 Å². The van der Waals surface area contributed by atoms with E-state index in [1.165, 1.54) is 38.5 Å². The summed E-state index contributed by atoms with van der Waals surface area (Å²) in [6.07, 6.45) is 11.2. The molecule has 0 aromatic rings. The van der Waals surface area contributed by atoms with Crippen LogP contribution in [-0.2, 0) is 25.0 Å². The number of carbonyl (C=O) groups excluding carboxylic acids is 1. The van der Waals surface area contributed by atoms with Gasteiger partial charge < -0.3 is 16.8 Å². The summed E-state index contributed by atoms with van der Waals surface area (Å²) in [4.78, 5) is 11.3. The first-order chi connectivity index (χ1) is 13.0. The van der Waals surface area contributed by atoms with Crippen molar-refractivity contribution in [3.63, 3.8) is 0 Å². The summed E-state index contributed by atoms with van der Waals surface area (Å²) in [5.74, 6) is -0.781. The Bertz CT molecular complexity index is 582. The van der Waals surface area contributed by atoms with Gasteiger partial charge in [-0.1, -0.05) is 58.3 Å². The maximum Gasteiger partial charge on any atom is 0.266 e. The Hall–Kier alpha value is -0.790. The van der Waals surface area contributed by atoms with Crippen molar-refractivity contribution in [1.29, 1.82) is 0 Å². The van der Waals surface area contributed by atoms with E-state index in [2.05, 4.69) is 17.6 Å². The lowest BCUT2D eigenvalue weighted by Gasteiger charge is -2.04. The summed E-state index contributed by atoms with van der Waals surface area (Å²) in [5.41, 5.74) is 0. The van der Waals surface area contributed by atoms with Crippen LogP contribution in [0.2, 0.25) is 0 Å². The minimum atomic E-state index is -3.98. The number of unbranched alkanes of at least 4 members (excludes halogenated alkanes) is 8. The van der Waals surface area contributed by atoms with Gasteiger partial charge in [-0.2, -0.15) is 16.8 Å². The van der Waals surface area contributed by atoms with Crippen molar-refractivity contribution in [2.24, 2.45) is 0 Å². The summed E-state index contributed by atoms with van der Waals surface area (Å²) in [5, 5.41) is 5.07. The highest BCUT2D eigenvalue weighted by molar-refractivity contribution is 7.86. The number of nitrogens with one attached hydrogen (secondary N) is 2. The smallest absolute Gasteiger partial charge is 0.266 e. The second-order valence-electron chi connectivity index (χ2n) is 6.60. The predicted octanol–water partition coefficient (Wildman–Crippen LogP) is 2.17. The molecule has 0 atom stereocenters. The third-order valence-electron chi connectivity index (χ3n) is 3.80. The highest BCUT2D eigenvalue weighted by Crippen LogP contribution is 2.10. The van der Waals surface area contributed by atoms with E-state index in [0.717, 1.165) is 19.3 Å². The van der Waals surface area contributed by atoms with Crippen LogP contribution in [0.1, 0.15) is 71.1 Å². The van der Waals surface area contributed by atoms with E-state index < -0.39 is 26.0 Å². The molecule has 1 amide bonds. The fraction of sp³-hybridized carbons (Fsp3) is 0.941. The van der Waals surface area contributed by atoms with Gasteiger partial charge in [0.05, 0.1) is 11.5 Å². The first-order valence-electron chi connectivity index (χ1n) is 9.83. The zero-order valence-electron chi connectivity index (χ0n) is 17.9. The van der Waals surface area contributed by atoms with Gasteiger partial charge in [-0.05, 0) is 13.5 Å². The maximum atomic E-state index is 11.3. The molecule has 178 valence electrons. The molecule has 29 heavy (non-hydrogen) atoms. The van der Waals surface area contributed by atoms with Crippen LogP contribution < -0.4 is 16.8 Å². The maximum absolute atomic E-state index is 11.3. The van der Waals surface area contributed by atoms with Crippen LogP contribution in [-0.4, -0.2) is 63.5 Å². The first kappa shape index (κ1) is 32.9. The van der Waals surface area contributed by atoms with Crippen LogP contribution >= 0.6 is 0 Å². The molecule has 0 aliphatic heterocycles. The molecular formula is C17H41N3O7S2. The summed E-state index contributed by atoms with van der Waals surface area (Å²) < 4.78 is 57.3. The molecule has 0 radical (unpaired) electrons. The molecule has 0 saturated heterocycles. The molecule has 0 aromatic heterocycles. The van der Waals surface area contributed by atoms with Crippen molar-refractivity contribution in [2.75, 3.05) is 31.6 Å². The molecule has 0 bridgehead atoms. The fourth-order valence-electron chi connectivity index (χ4n) is 2.24. The van der Waals surface area contributed by atoms with E-state index in [9.17, 15) is 21.6 Å². The fourth-order valence-corrected chi connectivity index (χ4v) is 3.06. The van der Waals surface area contributed by atoms with E-state index in [-0.39, 0.29) is 24.4 Å². The second-order valence-corrected chi connectivity index (χ2v) is 9.75. The van der Waals surface area contributed by atoms with Gasteiger partial charge in [0.15, 0.2) is 0 Å². The largest absolute Gasteiger partial charge is 0.355 e. The quantitative estimate of drug-likeness (QED) is 0.169. The third-order valence-corrected chi connectivity index (χ3v) is 5.24. The van der Waals surface area contributed by atoms with Gasteiger partial charge in [0.1, 0.15) is 0 Å². The molecule has 0 aromatic carbocycles. The van der Waals surface area contributed by atoms with E-state index >= 15 is 0 Å². The van der Waals surface area contributed by atoms with Gasteiger partial charge >= 0.3 is 0 Å². The van der Waals surface area contributed by atoms with Crippen molar-refractivity contribution in [1.82, 2.24) is 16.8 Å². The molecule has 0 aliphatic rings. The Kier molecular flexibility index (Phi) is 23.2. The van der Waals surface area contributed by atoms with Gasteiger partial charge in [0, 0.05) is 19.5 Å². The molecule has 12 heteroatoms. The van der Waals surface area contributed by atoms with E-state index in [1.54, 1.807) is 7.05 Å². The minimum absolute atomic E-state index is 0. The van der Waals surface area contributed by atoms with Gasteiger partial charge in [-0.3, -0.25) is 13.9 Å². The molecule has 0 unspecified atom stereocenters. The molecule has 0 spiro atoms. The lowest BCUT2D eigenvalue weighted by Crippen LogP contribution is -2.28. The van der Waals surface area contributed by atoms with Crippen LogP contribution in [0.3, 0.4) is 0 Å². The average Bonchev–Trinajstić information content (AvgIpc) is 2.57. The second kappa shape index (κ2) is 20.5. The molecule has 0 rings (SSSR count). The Balaban J connectivity index is -0.000000636. The Labute approximate surface area is 176 Å². The van der Waals surface area contributed by atoms with Crippen molar-refractivity contribution in [2.45, 2.75) is 71.1 Å². The van der Waals surface area contributed by atoms with Gasteiger partial charge in [-0.25, -0.2) is 0 Å². The lowest BCUT2D eigenvalue weighted by atomic mass is 10.1. The highest BCUT2D eigenvalue weighted by atomic mass is 32.2. The predicted molar refractivity (Wildman–Crippen MR) is 117 cm³/mol. The highest BCUT2D eigenvalue weighted by Gasteiger charge is 2.06. The normalized spacial score (nSPS) is 11.2. The Morgan fingerprint density at radius 2 is 1.17 bits per heavy atom. The third kappa shape index (κ3) is 35.1. The Morgan fingerprint density at radius 1 is 0.759 bits per heavy atom. The molecule has 0 heterocycles. The Morgan fingerprint density at radius 3 is 1.55 bits per heavy atom. The van der Waals surface area contributed by atoms with E-state index in [4.69, 9.17) is 9.11 Å². The number of rotatable bonds is 16. The van der Waals surface area contributed by atoms with Crippen molar-refractivity contribution < 1.29 is 30.7 Å². The molecule has 0 saturated carbocycles. The summed E-state index contributed by atoms with van der Waals surface area (Å²) in [6, 6.07) is 0. The topological polar surface area (TPSA) is 185 Å². The lowest BCUT2D eigenvalue weighted by molar-refractivity contribution is -0.121. The van der Waals surface area contributed by atoms with Gasteiger partial charge in [-0.15, -0.1) is 0 Å². The van der Waals surface area contributed by atoms with Crippen LogP contribution in [0.15, 0.2) is 0 Å². The first-order valence-corrected chi connectivity index (χ1v) is 13.0. The van der Waals surface area contributed by atoms with E-state index in [1.807, 2.05) is 0 Å². The zero-order valence-corrected chi connectivity index (χ0v) is 19.5. The van der Waals surface area contributed by atoms with Crippen LogP contribution in [0.25, 0.3) is 0 Å². The van der Waals surface area contributed by atoms with Crippen molar-refractivity contribution in [3.05, 3.63) is 0 Å². The van der Waals surface area contributed by atoms with Crippen molar-refractivity contribution in [3.8, 4) is 0 Å².